The monoisotopic (exact) mass is 321 g/mol. The molecule has 2 nitrogen and oxygen atoms in total. The van der Waals surface area contributed by atoms with Crippen molar-refractivity contribution >= 4 is 23.2 Å². The number of halogens is 2. The second kappa shape index (κ2) is 6.27. The highest BCUT2D eigenvalue weighted by atomic mass is 35.5. The molecular formula is C17H17Cl2NO. The van der Waals surface area contributed by atoms with E-state index < -0.39 is 0 Å². The van der Waals surface area contributed by atoms with E-state index in [1.807, 2.05) is 31.3 Å². The third-order valence-corrected chi connectivity index (χ3v) is 4.17. The predicted octanol–water partition coefficient (Wildman–Crippen LogP) is 4.84. The Bertz CT molecular complexity index is 623. The van der Waals surface area contributed by atoms with Gasteiger partial charge in [-0.3, -0.25) is 0 Å². The number of nitrogens with one attached hydrogen (secondary N) is 1. The first-order valence-corrected chi connectivity index (χ1v) is 7.82. The Balaban J connectivity index is 1.84. The summed E-state index contributed by atoms with van der Waals surface area (Å²) >= 11 is 12.3. The highest BCUT2D eigenvalue weighted by molar-refractivity contribution is 6.35. The molecule has 110 valence electrons. The second-order valence-corrected chi connectivity index (χ2v) is 6.12. The lowest BCUT2D eigenvalue weighted by molar-refractivity contribution is 0.303. The molecule has 1 aliphatic rings. The quantitative estimate of drug-likeness (QED) is 0.850. The van der Waals surface area contributed by atoms with Gasteiger partial charge >= 0.3 is 0 Å². The summed E-state index contributed by atoms with van der Waals surface area (Å²) in [6.45, 7) is 0. The lowest BCUT2D eigenvalue weighted by Crippen LogP contribution is -2.18. The highest BCUT2D eigenvalue weighted by Crippen LogP contribution is 2.32. The average molecular weight is 322 g/mol. The van der Waals surface area contributed by atoms with Crippen LogP contribution in [0.25, 0.3) is 0 Å². The molecule has 1 aliphatic carbocycles. The third-order valence-electron chi connectivity index (χ3n) is 3.60. The van der Waals surface area contributed by atoms with Gasteiger partial charge in [-0.15, -0.1) is 0 Å². The van der Waals surface area contributed by atoms with Gasteiger partial charge < -0.3 is 10.1 Å². The minimum atomic E-state index is 0.0322. The van der Waals surface area contributed by atoms with Gasteiger partial charge in [0.25, 0.3) is 0 Å². The zero-order chi connectivity index (χ0) is 14.8. The van der Waals surface area contributed by atoms with E-state index >= 15 is 0 Å². The molecule has 2 aromatic carbocycles. The van der Waals surface area contributed by atoms with Gasteiger partial charge in [-0.1, -0.05) is 41.4 Å². The molecule has 1 unspecified atom stereocenters. The van der Waals surface area contributed by atoms with Gasteiger partial charge in [-0.25, -0.2) is 0 Å². The standard InChI is InChI=1S/C17H17Cl2NO/c1-20-17(15-9-4-12(18)10-16(15)19)11-2-5-13(6-3-11)21-14-7-8-14/h2-6,9-10,14,17,20H,7-8H2,1H3. The first-order valence-electron chi connectivity index (χ1n) is 7.06. The van der Waals surface area contributed by atoms with E-state index in [2.05, 4.69) is 17.4 Å². The van der Waals surface area contributed by atoms with Crippen molar-refractivity contribution in [3.05, 3.63) is 63.6 Å². The van der Waals surface area contributed by atoms with Crippen molar-refractivity contribution in [1.82, 2.24) is 5.32 Å². The first-order chi connectivity index (χ1) is 10.2. The molecule has 0 bridgehead atoms. The number of hydrogen-bond donors (Lipinski definition) is 1. The maximum Gasteiger partial charge on any atom is 0.119 e. The molecule has 0 aliphatic heterocycles. The van der Waals surface area contributed by atoms with E-state index in [0.717, 1.165) is 16.9 Å². The molecule has 4 heteroatoms. The summed E-state index contributed by atoms with van der Waals surface area (Å²) in [7, 11) is 1.92. The molecule has 0 spiro atoms. The molecule has 0 amide bonds. The fraction of sp³-hybridized carbons (Fsp3) is 0.294. The summed E-state index contributed by atoms with van der Waals surface area (Å²) in [6, 6.07) is 13.8. The highest BCUT2D eigenvalue weighted by Gasteiger charge is 2.23. The number of hydrogen-bond acceptors (Lipinski definition) is 2. The van der Waals surface area contributed by atoms with Crippen molar-refractivity contribution in [2.45, 2.75) is 25.0 Å². The van der Waals surface area contributed by atoms with Crippen LogP contribution in [0.5, 0.6) is 5.75 Å². The minimum Gasteiger partial charge on any atom is -0.490 e. The van der Waals surface area contributed by atoms with Crippen LogP contribution in [0.3, 0.4) is 0 Å². The normalized spacial score (nSPS) is 15.8. The molecule has 3 rings (SSSR count). The molecule has 21 heavy (non-hydrogen) atoms. The molecule has 2 aromatic rings. The summed E-state index contributed by atoms with van der Waals surface area (Å²) in [6.07, 6.45) is 2.75. The third kappa shape index (κ3) is 3.52. The van der Waals surface area contributed by atoms with E-state index in [4.69, 9.17) is 27.9 Å². The molecule has 0 heterocycles. The van der Waals surface area contributed by atoms with Gasteiger partial charge in [-0.2, -0.15) is 0 Å². The molecule has 1 N–H and O–H groups in total. The Morgan fingerprint density at radius 1 is 1.10 bits per heavy atom. The van der Waals surface area contributed by atoms with Crippen LogP contribution in [0.1, 0.15) is 30.0 Å². The van der Waals surface area contributed by atoms with E-state index in [0.29, 0.717) is 16.1 Å². The molecule has 1 fully saturated rings. The maximum atomic E-state index is 6.31. The maximum absolute atomic E-state index is 6.31. The largest absolute Gasteiger partial charge is 0.490 e. The SMILES string of the molecule is CNC(c1ccc(OC2CC2)cc1)c1ccc(Cl)cc1Cl. The van der Waals surface area contributed by atoms with Crippen LogP contribution < -0.4 is 10.1 Å². The Kier molecular flexibility index (Phi) is 4.39. The fourth-order valence-electron chi connectivity index (χ4n) is 2.35. The summed E-state index contributed by atoms with van der Waals surface area (Å²) in [5, 5.41) is 4.61. The van der Waals surface area contributed by atoms with Gasteiger partial charge in [0.05, 0.1) is 12.1 Å². The molecular weight excluding hydrogens is 305 g/mol. The zero-order valence-electron chi connectivity index (χ0n) is 11.8. The smallest absolute Gasteiger partial charge is 0.119 e. The van der Waals surface area contributed by atoms with Crippen molar-refractivity contribution in [3.8, 4) is 5.75 Å². The van der Waals surface area contributed by atoms with E-state index in [9.17, 15) is 0 Å². The Hall–Kier alpha value is -1.22. The Morgan fingerprint density at radius 3 is 2.38 bits per heavy atom. The number of benzene rings is 2. The van der Waals surface area contributed by atoms with Crippen molar-refractivity contribution in [1.29, 1.82) is 0 Å². The van der Waals surface area contributed by atoms with Crippen LogP contribution in [0, 0.1) is 0 Å². The van der Waals surface area contributed by atoms with E-state index in [1.165, 1.54) is 12.8 Å². The van der Waals surface area contributed by atoms with Gasteiger partial charge in [0, 0.05) is 10.0 Å². The molecule has 1 saturated carbocycles. The van der Waals surface area contributed by atoms with Gasteiger partial charge in [-0.05, 0) is 55.3 Å². The Labute approximate surface area is 135 Å². The second-order valence-electron chi connectivity index (χ2n) is 5.27. The summed E-state index contributed by atoms with van der Waals surface area (Å²) in [5.41, 5.74) is 2.16. The summed E-state index contributed by atoms with van der Waals surface area (Å²) in [5.74, 6) is 0.929. The first kappa shape index (κ1) is 14.7. The van der Waals surface area contributed by atoms with Crippen molar-refractivity contribution < 1.29 is 4.74 Å². The van der Waals surface area contributed by atoms with Crippen molar-refractivity contribution in [3.63, 3.8) is 0 Å². The van der Waals surface area contributed by atoms with Gasteiger partial charge in [0.15, 0.2) is 0 Å². The predicted molar refractivity (Wildman–Crippen MR) is 87.5 cm³/mol. The number of ether oxygens (including phenoxy) is 1. The van der Waals surface area contributed by atoms with Crippen LogP contribution in [-0.4, -0.2) is 13.2 Å². The van der Waals surface area contributed by atoms with Gasteiger partial charge in [0.1, 0.15) is 5.75 Å². The lowest BCUT2D eigenvalue weighted by atomic mass is 9.99. The average Bonchev–Trinajstić information content (AvgIpc) is 3.27. The van der Waals surface area contributed by atoms with Crippen molar-refractivity contribution in [2.24, 2.45) is 0 Å². The molecule has 0 saturated heterocycles. The van der Waals surface area contributed by atoms with Crippen molar-refractivity contribution in [2.75, 3.05) is 7.05 Å². The summed E-state index contributed by atoms with van der Waals surface area (Å²) in [4.78, 5) is 0. The van der Waals surface area contributed by atoms with Crippen LogP contribution in [0.2, 0.25) is 10.0 Å². The topological polar surface area (TPSA) is 21.3 Å². The van der Waals surface area contributed by atoms with E-state index in [1.54, 1.807) is 6.07 Å². The van der Waals surface area contributed by atoms with Crippen LogP contribution >= 0.6 is 23.2 Å². The molecule has 0 aromatic heterocycles. The van der Waals surface area contributed by atoms with Crippen LogP contribution in [-0.2, 0) is 0 Å². The zero-order valence-corrected chi connectivity index (χ0v) is 13.3. The van der Waals surface area contributed by atoms with Crippen LogP contribution in [0.15, 0.2) is 42.5 Å². The van der Waals surface area contributed by atoms with Crippen LogP contribution in [0.4, 0.5) is 0 Å². The van der Waals surface area contributed by atoms with E-state index in [-0.39, 0.29) is 6.04 Å². The minimum absolute atomic E-state index is 0.0322. The Morgan fingerprint density at radius 2 is 1.81 bits per heavy atom. The number of rotatable bonds is 5. The van der Waals surface area contributed by atoms with Gasteiger partial charge in [0.2, 0.25) is 0 Å². The fourth-order valence-corrected chi connectivity index (χ4v) is 2.87. The summed E-state index contributed by atoms with van der Waals surface area (Å²) < 4.78 is 5.77. The lowest BCUT2D eigenvalue weighted by Gasteiger charge is -2.19. The molecule has 0 radical (unpaired) electrons. The molecule has 1 atom stereocenters.